The zero-order chi connectivity index (χ0) is 48.6. The Bertz CT molecular complexity index is 1390. The number of rotatable bonds is 48. The minimum atomic E-state index is -0.798. The first-order chi connectivity index (χ1) is 33.0. The lowest BCUT2D eigenvalue weighted by molar-refractivity contribution is -0.167. The lowest BCUT2D eigenvalue weighted by Crippen LogP contribution is -2.30. The van der Waals surface area contributed by atoms with E-state index in [4.69, 9.17) is 14.2 Å². The van der Waals surface area contributed by atoms with Crippen LogP contribution in [-0.4, -0.2) is 37.2 Å². The molecule has 0 aliphatic carbocycles. The number of unbranched alkanes of at least 4 members (excludes halogenated alkanes) is 19. The highest BCUT2D eigenvalue weighted by molar-refractivity contribution is 5.71. The van der Waals surface area contributed by atoms with Crippen molar-refractivity contribution in [3.05, 3.63) is 109 Å². The number of ether oxygens (including phenoxy) is 3. The fourth-order valence-electron chi connectivity index (χ4n) is 7.22. The molecular weight excluding hydrogens is 829 g/mol. The van der Waals surface area contributed by atoms with Gasteiger partial charge in [0.05, 0.1) is 0 Å². The van der Waals surface area contributed by atoms with Gasteiger partial charge in [-0.15, -0.1) is 0 Å². The summed E-state index contributed by atoms with van der Waals surface area (Å²) in [5.41, 5.74) is 0. The highest BCUT2D eigenvalue weighted by Crippen LogP contribution is 2.14. The van der Waals surface area contributed by atoms with Crippen molar-refractivity contribution in [3.63, 3.8) is 0 Å². The molecule has 0 aromatic carbocycles. The van der Waals surface area contributed by atoms with Crippen molar-refractivity contribution in [2.75, 3.05) is 13.2 Å². The van der Waals surface area contributed by atoms with Crippen LogP contribution >= 0.6 is 0 Å². The molecule has 1 unspecified atom stereocenters. The molecular formula is C61H100O6. The Balaban J connectivity index is 4.38. The van der Waals surface area contributed by atoms with Gasteiger partial charge in [-0.05, 0) is 103 Å². The van der Waals surface area contributed by atoms with Crippen LogP contribution in [0.1, 0.15) is 239 Å². The Hall–Kier alpha value is -3.93. The number of carbonyl (C=O) groups excluding carboxylic acids is 3. The maximum atomic E-state index is 12.8. The molecule has 0 saturated carbocycles. The molecule has 67 heavy (non-hydrogen) atoms. The van der Waals surface area contributed by atoms with E-state index in [0.29, 0.717) is 12.8 Å². The van der Waals surface area contributed by atoms with Crippen LogP contribution in [-0.2, 0) is 28.6 Å². The summed E-state index contributed by atoms with van der Waals surface area (Å²) in [6.45, 7) is 6.35. The van der Waals surface area contributed by atoms with Crippen molar-refractivity contribution in [1.82, 2.24) is 0 Å². The first-order valence-corrected chi connectivity index (χ1v) is 27.4. The average molecular weight is 929 g/mol. The zero-order valence-electron chi connectivity index (χ0n) is 43.4. The van der Waals surface area contributed by atoms with Gasteiger partial charge in [0.1, 0.15) is 13.2 Å². The summed E-state index contributed by atoms with van der Waals surface area (Å²) < 4.78 is 16.8. The van der Waals surface area contributed by atoms with Crippen LogP contribution in [0.5, 0.6) is 0 Å². The first-order valence-electron chi connectivity index (χ1n) is 27.4. The molecule has 0 N–H and O–H groups in total. The zero-order valence-corrected chi connectivity index (χ0v) is 43.4. The highest BCUT2D eigenvalue weighted by Gasteiger charge is 2.19. The molecule has 380 valence electrons. The highest BCUT2D eigenvalue weighted by atomic mass is 16.6. The van der Waals surface area contributed by atoms with E-state index in [-0.39, 0.29) is 37.5 Å². The lowest BCUT2D eigenvalue weighted by Gasteiger charge is -2.18. The van der Waals surface area contributed by atoms with Crippen molar-refractivity contribution >= 4 is 17.9 Å². The van der Waals surface area contributed by atoms with Gasteiger partial charge in [0.25, 0.3) is 0 Å². The third kappa shape index (κ3) is 52.9. The number of carbonyl (C=O) groups is 3. The lowest BCUT2D eigenvalue weighted by atomic mass is 10.1. The van der Waals surface area contributed by atoms with E-state index in [1.165, 1.54) is 70.6 Å². The Morgan fingerprint density at radius 1 is 0.313 bits per heavy atom. The van der Waals surface area contributed by atoms with Gasteiger partial charge in [-0.2, -0.15) is 0 Å². The topological polar surface area (TPSA) is 78.9 Å². The second-order valence-corrected chi connectivity index (χ2v) is 17.7. The molecule has 6 heteroatoms. The first kappa shape index (κ1) is 63.1. The Morgan fingerprint density at radius 2 is 0.582 bits per heavy atom. The van der Waals surface area contributed by atoms with Crippen molar-refractivity contribution in [3.8, 4) is 0 Å². The standard InChI is InChI=1S/C61H100O6/c1-4-7-10-13-16-19-21-23-25-27-29-30-32-33-35-37-39-42-45-48-51-54-60(63)66-57-58(56-65-59(62)53-50-47-44-41-18-15-12-9-6-3)67-61(64)55-52-49-46-43-40-38-36-34-31-28-26-24-22-20-17-14-11-8-5-2/h7-8,10-11,16-17,19-20,23-26,29-31,34,38,40,58H,4-6,9,12-15,18,21-22,27-28,32-33,35-37,39,41-57H2,1-3H3/b10-7-,11-8-,19-16-,20-17-,25-23-,26-24-,30-29-,34-31-,40-38-. The predicted octanol–water partition coefficient (Wildman–Crippen LogP) is 18.3. The van der Waals surface area contributed by atoms with E-state index in [9.17, 15) is 14.4 Å². The molecule has 0 aliphatic rings. The summed E-state index contributed by atoms with van der Waals surface area (Å²) >= 11 is 0. The van der Waals surface area contributed by atoms with Gasteiger partial charge in [0.15, 0.2) is 6.10 Å². The van der Waals surface area contributed by atoms with Gasteiger partial charge in [0.2, 0.25) is 0 Å². The van der Waals surface area contributed by atoms with Crippen molar-refractivity contribution in [2.24, 2.45) is 0 Å². The van der Waals surface area contributed by atoms with E-state index in [1.807, 2.05) is 0 Å². The third-order valence-electron chi connectivity index (χ3n) is 11.3. The molecule has 0 rings (SSSR count). The number of hydrogen-bond donors (Lipinski definition) is 0. The van der Waals surface area contributed by atoms with Gasteiger partial charge >= 0.3 is 17.9 Å². The predicted molar refractivity (Wildman–Crippen MR) is 288 cm³/mol. The molecule has 0 saturated heterocycles. The molecule has 0 bridgehead atoms. The summed E-state index contributed by atoms with van der Waals surface area (Å²) in [7, 11) is 0. The summed E-state index contributed by atoms with van der Waals surface area (Å²) in [4.78, 5) is 38.0. The smallest absolute Gasteiger partial charge is 0.306 e. The van der Waals surface area contributed by atoms with E-state index in [1.54, 1.807) is 0 Å². The number of hydrogen-bond acceptors (Lipinski definition) is 6. The number of esters is 3. The minimum absolute atomic E-state index is 0.0944. The maximum Gasteiger partial charge on any atom is 0.306 e. The Kier molecular flexibility index (Phi) is 51.5. The summed E-state index contributed by atoms with van der Waals surface area (Å²) in [5, 5.41) is 0. The van der Waals surface area contributed by atoms with E-state index in [2.05, 4.69) is 130 Å². The van der Waals surface area contributed by atoms with Crippen LogP contribution in [0.2, 0.25) is 0 Å². The molecule has 6 nitrogen and oxygen atoms in total. The second-order valence-electron chi connectivity index (χ2n) is 17.7. The second kappa shape index (κ2) is 54.7. The van der Waals surface area contributed by atoms with Gasteiger partial charge in [-0.1, -0.05) is 226 Å². The van der Waals surface area contributed by atoms with Crippen LogP contribution < -0.4 is 0 Å². The van der Waals surface area contributed by atoms with Gasteiger partial charge < -0.3 is 14.2 Å². The molecule has 0 spiro atoms. The number of allylic oxidation sites excluding steroid dienone is 18. The molecule has 0 amide bonds. The van der Waals surface area contributed by atoms with Crippen LogP contribution in [0.4, 0.5) is 0 Å². The van der Waals surface area contributed by atoms with E-state index >= 15 is 0 Å². The van der Waals surface area contributed by atoms with E-state index in [0.717, 1.165) is 128 Å². The van der Waals surface area contributed by atoms with Gasteiger partial charge in [-0.3, -0.25) is 14.4 Å². The van der Waals surface area contributed by atoms with Gasteiger partial charge in [0, 0.05) is 19.3 Å². The van der Waals surface area contributed by atoms with Gasteiger partial charge in [-0.25, -0.2) is 0 Å². The molecule has 0 aliphatic heterocycles. The molecule has 0 aromatic rings. The van der Waals surface area contributed by atoms with E-state index < -0.39 is 6.10 Å². The third-order valence-corrected chi connectivity index (χ3v) is 11.3. The van der Waals surface area contributed by atoms with Crippen molar-refractivity contribution < 1.29 is 28.6 Å². The van der Waals surface area contributed by atoms with Crippen LogP contribution in [0.15, 0.2) is 109 Å². The van der Waals surface area contributed by atoms with Crippen LogP contribution in [0.25, 0.3) is 0 Å². The SMILES string of the molecule is CC/C=C\C/C=C\C/C=C\C/C=C\C/C=C\CCCCCC(=O)OC(COC(=O)CCCCCCCCCCC)COC(=O)CCCCCCCCCC/C=C\C/C=C\C/C=C\C/C=C\CC. The van der Waals surface area contributed by atoms with Crippen molar-refractivity contribution in [2.45, 2.75) is 245 Å². The summed E-state index contributed by atoms with van der Waals surface area (Å²) in [5.74, 6) is -0.940. The molecule has 0 fully saturated rings. The van der Waals surface area contributed by atoms with Crippen molar-refractivity contribution in [1.29, 1.82) is 0 Å². The normalized spacial score (nSPS) is 12.9. The maximum absolute atomic E-state index is 12.8. The average Bonchev–Trinajstić information content (AvgIpc) is 3.33. The van der Waals surface area contributed by atoms with Crippen LogP contribution in [0.3, 0.4) is 0 Å². The quantitative estimate of drug-likeness (QED) is 0.0262. The molecule has 0 aromatic heterocycles. The molecule has 1 atom stereocenters. The minimum Gasteiger partial charge on any atom is -0.462 e. The summed E-state index contributed by atoms with van der Waals surface area (Å²) in [6, 6.07) is 0. The molecule has 0 radical (unpaired) electrons. The fraction of sp³-hybridized carbons (Fsp3) is 0.656. The monoisotopic (exact) mass is 929 g/mol. The summed E-state index contributed by atoms with van der Waals surface area (Å²) in [6.07, 6.45) is 73.6. The largest absolute Gasteiger partial charge is 0.462 e. The Morgan fingerprint density at radius 3 is 0.925 bits per heavy atom. The van der Waals surface area contributed by atoms with Crippen LogP contribution in [0, 0.1) is 0 Å². The molecule has 0 heterocycles. The Labute approximate surface area is 412 Å². The fourth-order valence-corrected chi connectivity index (χ4v) is 7.22.